The van der Waals surface area contributed by atoms with Crippen LogP contribution in [0.15, 0.2) is 83.8 Å². The molecule has 0 atom stereocenters. The van der Waals surface area contributed by atoms with Gasteiger partial charge in [0.2, 0.25) is 10.0 Å². The molecule has 0 unspecified atom stereocenters. The molecule has 8 nitrogen and oxygen atoms in total. The van der Waals surface area contributed by atoms with E-state index in [2.05, 4.69) is 5.32 Å². The summed E-state index contributed by atoms with van der Waals surface area (Å²) in [5.41, 5.74) is 3.48. The predicted octanol–water partition coefficient (Wildman–Crippen LogP) is 3.65. The molecule has 4 rings (SSSR count). The number of pyridine rings is 1. The number of carbonyl (C=O) groups excluding carboxylic acids is 2. The Morgan fingerprint density at radius 1 is 0.941 bits per heavy atom. The Balaban J connectivity index is 1.55. The summed E-state index contributed by atoms with van der Waals surface area (Å²) in [6.45, 7) is 1.28. The average Bonchev–Trinajstić information content (AvgIpc) is 2.82. The number of nitrogens with one attached hydrogen (secondary N) is 1. The number of nitrogens with zero attached hydrogens (tertiary/aromatic N) is 1. The van der Waals surface area contributed by atoms with Crippen LogP contribution in [0.1, 0.15) is 15.9 Å². The SMILES string of the molecule is Cc1c(-c2ccccc2)nc2ccccc2c1C(=O)OCC(=O)Nc1ccc(S(N)(=O)=O)cc1. The van der Waals surface area contributed by atoms with Gasteiger partial charge in [-0.2, -0.15) is 0 Å². The molecule has 1 aromatic heterocycles. The summed E-state index contributed by atoms with van der Waals surface area (Å²) >= 11 is 0. The lowest BCUT2D eigenvalue weighted by molar-refractivity contribution is -0.119. The van der Waals surface area contributed by atoms with Crippen LogP contribution in [0, 0.1) is 6.92 Å². The summed E-state index contributed by atoms with van der Waals surface area (Å²) in [6.07, 6.45) is 0. The summed E-state index contributed by atoms with van der Waals surface area (Å²) in [5.74, 6) is -1.22. The Kier molecular flexibility index (Phi) is 6.40. The first kappa shape index (κ1) is 23.1. The van der Waals surface area contributed by atoms with Crippen molar-refractivity contribution in [2.75, 3.05) is 11.9 Å². The molecule has 3 N–H and O–H groups in total. The lowest BCUT2D eigenvalue weighted by Gasteiger charge is -2.14. The summed E-state index contributed by atoms with van der Waals surface area (Å²) in [4.78, 5) is 30.0. The molecule has 0 bridgehead atoms. The van der Waals surface area contributed by atoms with Gasteiger partial charge in [0.25, 0.3) is 5.91 Å². The molecule has 34 heavy (non-hydrogen) atoms. The summed E-state index contributed by atoms with van der Waals surface area (Å²) in [7, 11) is -3.83. The molecule has 0 fully saturated rings. The van der Waals surface area contributed by atoms with Crippen LogP contribution in [0.2, 0.25) is 0 Å². The second kappa shape index (κ2) is 9.42. The highest BCUT2D eigenvalue weighted by Gasteiger charge is 2.21. The van der Waals surface area contributed by atoms with Crippen LogP contribution in [0.25, 0.3) is 22.2 Å². The maximum Gasteiger partial charge on any atom is 0.339 e. The fourth-order valence-electron chi connectivity index (χ4n) is 3.58. The number of hydrogen-bond acceptors (Lipinski definition) is 6. The van der Waals surface area contributed by atoms with E-state index in [9.17, 15) is 18.0 Å². The number of rotatable bonds is 6. The van der Waals surface area contributed by atoms with Crippen molar-refractivity contribution in [3.63, 3.8) is 0 Å². The highest BCUT2D eigenvalue weighted by molar-refractivity contribution is 7.89. The van der Waals surface area contributed by atoms with Gasteiger partial charge in [-0.15, -0.1) is 0 Å². The van der Waals surface area contributed by atoms with E-state index in [1.165, 1.54) is 24.3 Å². The van der Waals surface area contributed by atoms with Gasteiger partial charge in [0, 0.05) is 16.6 Å². The highest BCUT2D eigenvalue weighted by atomic mass is 32.2. The minimum atomic E-state index is -3.83. The van der Waals surface area contributed by atoms with Gasteiger partial charge in [-0.25, -0.2) is 23.3 Å². The van der Waals surface area contributed by atoms with Crippen LogP contribution in [0.5, 0.6) is 0 Å². The van der Waals surface area contributed by atoms with Crippen molar-refractivity contribution >= 4 is 38.5 Å². The van der Waals surface area contributed by atoms with Gasteiger partial charge in [-0.3, -0.25) is 4.79 Å². The van der Waals surface area contributed by atoms with E-state index in [4.69, 9.17) is 14.9 Å². The van der Waals surface area contributed by atoms with Gasteiger partial charge in [0.05, 0.1) is 21.7 Å². The largest absolute Gasteiger partial charge is 0.452 e. The molecule has 0 radical (unpaired) electrons. The highest BCUT2D eigenvalue weighted by Crippen LogP contribution is 2.30. The van der Waals surface area contributed by atoms with Gasteiger partial charge >= 0.3 is 5.97 Å². The minimum Gasteiger partial charge on any atom is -0.452 e. The quantitative estimate of drug-likeness (QED) is 0.410. The first-order valence-electron chi connectivity index (χ1n) is 10.3. The molecule has 0 aliphatic heterocycles. The Hall–Kier alpha value is -4.08. The maximum absolute atomic E-state index is 13.1. The van der Waals surface area contributed by atoms with E-state index in [-0.39, 0.29) is 4.90 Å². The number of amides is 1. The van der Waals surface area contributed by atoms with Crippen LogP contribution in [-0.4, -0.2) is 31.9 Å². The number of sulfonamides is 1. The number of fused-ring (bicyclic) bond motifs is 1. The topological polar surface area (TPSA) is 128 Å². The molecule has 0 aliphatic rings. The molecule has 1 amide bonds. The van der Waals surface area contributed by atoms with E-state index in [0.29, 0.717) is 33.4 Å². The predicted molar refractivity (Wildman–Crippen MR) is 129 cm³/mol. The fraction of sp³-hybridized carbons (Fsp3) is 0.0800. The smallest absolute Gasteiger partial charge is 0.339 e. The number of esters is 1. The molecule has 0 saturated heterocycles. The van der Waals surface area contributed by atoms with Gasteiger partial charge in [-0.1, -0.05) is 48.5 Å². The van der Waals surface area contributed by atoms with Crippen molar-refractivity contribution in [2.45, 2.75) is 11.8 Å². The third-order valence-corrected chi connectivity index (χ3v) is 6.12. The van der Waals surface area contributed by atoms with Gasteiger partial charge in [0.15, 0.2) is 6.61 Å². The fourth-order valence-corrected chi connectivity index (χ4v) is 4.09. The number of para-hydroxylation sites is 1. The van der Waals surface area contributed by atoms with Crippen molar-refractivity contribution in [1.29, 1.82) is 0 Å². The number of benzene rings is 3. The Morgan fingerprint density at radius 2 is 1.59 bits per heavy atom. The number of anilines is 1. The van der Waals surface area contributed by atoms with Crippen LogP contribution < -0.4 is 10.5 Å². The van der Waals surface area contributed by atoms with Crippen molar-refractivity contribution in [3.05, 3.63) is 90.0 Å². The molecule has 3 aromatic carbocycles. The lowest BCUT2D eigenvalue weighted by Crippen LogP contribution is -2.21. The van der Waals surface area contributed by atoms with Gasteiger partial charge in [0.1, 0.15) is 0 Å². The molecular formula is C25H21N3O5S. The average molecular weight is 476 g/mol. The Bertz CT molecular complexity index is 1480. The number of nitrogens with two attached hydrogens (primary N) is 1. The second-order valence-corrected chi connectivity index (χ2v) is 9.10. The third-order valence-electron chi connectivity index (χ3n) is 5.19. The third kappa shape index (κ3) is 4.95. The molecule has 4 aromatic rings. The van der Waals surface area contributed by atoms with E-state index in [0.717, 1.165) is 5.56 Å². The van der Waals surface area contributed by atoms with E-state index < -0.39 is 28.5 Å². The molecular weight excluding hydrogens is 454 g/mol. The second-order valence-electron chi connectivity index (χ2n) is 7.54. The minimum absolute atomic E-state index is 0.0776. The van der Waals surface area contributed by atoms with Crippen molar-refractivity contribution in [2.24, 2.45) is 5.14 Å². The van der Waals surface area contributed by atoms with E-state index >= 15 is 0 Å². The van der Waals surface area contributed by atoms with Gasteiger partial charge < -0.3 is 10.1 Å². The van der Waals surface area contributed by atoms with Crippen molar-refractivity contribution in [3.8, 4) is 11.3 Å². The maximum atomic E-state index is 13.1. The van der Waals surface area contributed by atoms with Gasteiger partial charge in [-0.05, 0) is 42.8 Å². The standard InChI is InChI=1S/C25H21N3O5S/c1-16-23(20-9-5-6-10-21(20)28-24(16)17-7-3-2-4-8-17)25(30)33-15-22(29)27-18-11-13-19(14-12-18)34(26,31)32/h2-14H,15H2,1H3,(H,27,29)(H2,26,31,32). The molecule has 9 heteroatoms. The number of primary sulfonamides is 1. The monoisotopic (exact) mass is 475 g/mol. The number of hydrogen-bond donors (Lipinski definition) is 2. The van der Waals surface area contributed by atoms with Crippen LogP contribution in [-0.2, 0) is 19.6 Å². The Morgan fingerprint density at radius 3 is 2.26 bits per heavy atom. The van der Waals surface area contributed by atoms with Crippen molar-refractivity contribution < 1.29 is 22.7 Å². The lowest BCUT2D eigenvalue weighted by atomic mass is 9.98. The van der Waals surface area contributed by atoms with Crippen LogP contribution in [0.3, 0.4) is 0 Å². The zero-order valence-corrected chi connectivity index (χ0v) is 19.0. The Labute approximate surface area is 196 Å². The zero-order valence-electron chi connectivity index (χ0n) is 18.2. The summed E-state index contributed by atoms with van der Waals surface area (Å²) < 4.78 is 28.0. The van der Waals surface area contributed by atoms with Crippen LogP contribution in [0.4, 0.5) is 5.69 Å². The first-order valence-corrected chi connectivity index (χ1v) is 11.8. The molecule has 0 saturated carbocycles. The molecule has 1 heterocycles. The van der Waals surface area contributed by atoms with Crippen LogP contribution >= 0.6 is 0 Å². The molecule has 0 aliphatic carbocycles. The van der Waals surface area contributed by atoms with E-state index in [1.807, 2.05) is 42.5 Å². The molecule has 172 valence electrons. The number of carbonyl (C=O) groups is 2. The summed E-state index contributed by atoms with van der Waals surface area (Å²) in [5, 5.41) is 8.25. The van der Waals surface area contributed by atoms with Crippen molar-refractivity contribution in [1.82, 2.24) is 4.98 Å². The number of ether oxygens (including phenoxy) is 1. The summed E-state index contributed by atoms with van der Waals surface area (Å²) in [6, 6.07) is 22.1. The molecule has 0 spiro atoms. The number of aromatic nitrogens is 1. The normalized spacial score (nSPS) is 11.2. The first-order chi connectivity index (χ1) is 16.2. The van der Waals surface area contributed by atoms with E-state index in [1.54, 1.807) is 19.1 Å². The zero-order chi connectivity index (χ0) is 24.3.